The van der Waals surface area contributed by atoms with Crippen LogP contribution >= 0.6 is 11.6 Å². The molecule has 0 atom stereocenters. The smallest absolute Gasteiger partial charge is 0.187 e. The van der Waals surface area contributed by atoms with Crippen LogP contribution in [0.3, 0.4) is 0 Å². The molecule has 3 rings (SSSR count). The summed E-state index contributed by atoms with van der Waals surface area (Å²) in [5.74, 6) is 3.29. The number of carbonyl (C=O) groups is 1. The summed E-state index contributed by atoms with van der Waals surface area (Å²) in [6.07, 6.45) is 10.0. The van der Waals surface area contributed by atoms with E-state index < -0.39 is 0 Å². The number of pyridine rings is 3. The third-order valence-corrected chi connectivity index (χ3v) is 3.67. The largest absolute Gasteiger partial charge is 0.456 e. The molecule has 0 aliphatic rings. The van der Waals surface area contributed by atoms with E-state index in [9.17, 15) is 4.79 Å². The summed E-state index contributed by atoms with van der Waals surface area (Å²) in [5.41, 5.74) is 2.26. The molecule has 0 spiro atoms. The van der Waals surface area contributed by atoms with Gasteiger partial charge in [0.2, 0.25) is 0 Å². The van der Waals surface area contributed by atoms with Crippen molar-refractivity contribution in [2.45, 2.75) is 13.3 Å². The summed E-state index contributed by atoms with van der Waals surface area (Å²) in [6, 6.07) is 8.45. The van der Waals surface area contributed by atoms with Crippen LogP contribution in [-0.4, -0.2) is 20.7 Å². The molecule has 0 N–H and O–H groups in total. The Labute approximate surface area is 156 Å². The van der Waals surface area contributed by atoms with Gasteiger partial charge in [-0.15, -0.1) is 6.42 Å². The van der Waals surface area contributed by atoms with E-state index in [2.05, 4.69) is 20.9 Å². The SMILES string of the molecule is C#Cc1ccc(CC(=O)c2cc(Oc3cncc(Cl)c3)cc(C)n2)nc1. The number of rotatable bonds is 5. The number of ether oxygens (including phenoxy) is 1. The van der Waals surface area contributed by atoms with Gasteiger partial charge in [0.25, 0.3) is 0 Å². The number of Topliss-reactive ketones (excluding diaryl/α,β-unsaturated/α-hetero) is 1. The molecule has 0 aliphatic carbocycles. The van der Waals surface area contributed by atoms with Crippen LogP contribution in [0.2, 0.25) is 5.02 Å². The van der Waals surface area contributed by atoms with Crippen molar-refractivity contribution in [1.29, 1.82) is 0 Å². The fraction of sp³-hybridized carbons (Fsp3) is 0.100. The van der Waals surface area contributed by atoms with E-state index >= 15 is 0 Å². The molecule has 0 fully saturated rings. The fourth-order valence-electron chi connectivity index (χ4n) is 2.29. The van der Waals surface area contributed by atoms with Gasteiger partial charge >= 0.3 is 0 Å². The highest BCUT2D eigenvalue weighted by Gasteiger charge is 2.13. The minimum Gasteiger partial charge on any atom is -0.456 e. The average Bonchev–Trinajstić information content (AvgIpc) is 2.62. The van der Waals surface area contributed by atoms with Gasteiger partial charge in [-0.25, -0.2) is 4.98 Å². The number of aromatic nitrogens is 3. The van der Waals surface area contributed by atoms with E-state index in [1.165, 1.54) is 6.20 Å². The van der Waals surface area contributed by atoms with E-state index in [0.717, 1.165) is 0 Å². The zero-order valence-electron chi connectivity index (χ0n) is 13.9. The summed E-state index contributed by atoms with van der Waals surface area (Å²) in [7, 11) is 0. The summed E-state index contributed by atoms with van der Waals surface area (Å²) >= 11 is 5.91. The van der Waals surface area contributed by atoms with Crippen LogP contribution in [0.4, 0.5) is 0 Å². The van der Waals surface area contributed by atoms with E-state index in [1.54, 1.807) is 49.6 Å². The molecule has 0 unspecified atom stereocenters. The summed E-state index contributed by atoms with van der Waals surface area (Å²) in [6.45, 7) is 1.79. The van der Waals surface area contributed by atoms with Crippen LogP contribution in [0.1, 0.15) is 27.4 Å². The number of ketones is 1. The lowest BCUT2D eigenvalue weighted by Gasteiger charge is -2.08. The summed E-state index contributed by atoms with van der Waals surface area (Å²) < 4.78 is 5.73. The summed E-state index contributed by atoms with van der Waals surface area (Å²) in [4.78, 5) is 25.0. The van der Waals surface area contributed by atoms with E-state index in [4.69, 9.17) is 22.8 Å². The number of nitrogens with zero attached hydrogens (tertiary/aromatic N) is 3. The van der Waals surface area contributed by atoms with Gasteiger partial charge in [-0.3, -0.25) is 14.8 Å². The van der Waals surface area contributed by atoms with Crippen molar-refractivity contribution in [2.24, 2.45) is 0 Å². The molecule has 3 heterocycles. The lowest BCUT2D eigenvalue weighted by atomic mass is 10.1. The Morgan fingerprint density at radius 2 is 2.04 bits per heavy atom. The number of terminal acetylenes is 1. The zero-order chi connectivity index (χ0) is 18.5. The maximum Gasteiger partial charge on any atom is 0.187 e. The number of aryl methyl sites for hydroxylation is 1. The monoisotopic (exact) mass is 363 g/mol. The first kappa shape index (κ1) is 17.6. The van der Waals surface area contributed by atoms with Crippen molar-refractivity contribution in [1.82, 2.24) is 15.0 Å². The van der Waals surface area contributed by atoms with Gasteiger partial charge in [0.1, 0.15) is 17.2 Å². The van der Waals surface area contributed by atoms with Crippen molar-refractivity contribution >= 4 is 17.4 Å². The first-order chi connectivity index (χ1) is 12.5. The first-order valence-electron chi connectivity index (χ1n) is 7.75. The fourth-order valence-corrected chi connectivity index (χ4v) is 2.46. The molecule has 128 valence electrons. The number of hydrogen-bond acceptors (Lipinski definition) is 5. The second-order valence-electron chi connectivity index (χ2n) is 5.55. The van der Waals surface area contributed by atoms with E-state index in [1.807, 2.05) is 0 Å². The molecule has 0 aliphatic heterocycles. The minimum atomic E-state index is -0.163. The van der Waals surface area contributed by atoms with E-state index in [0.29, 0.717) is 39.2 Å². The molecule has 0 amide bonds. The van der Waals surface area contributed by atoms with Crippen LogP contribution in [0, 0.1) is 19.3 Å². The minimum absolute atomic E-state index is 0.124. The van der Waals surface area contributed by atoms with Gasteiger partial charge in [0.05, 0.1) is 17.6 Å². The molecular weight excluding hydrogens is 350 g/mol. The molecular formula is C20H14ClN3O2. The van der Waals surface area contributed by atoms with Gasteiger partial charge in [0, 0.05) is 47.5 Å². The summed E-state index contributed by atoms with van der Waals surface area (Å²) in [5, 5.41) is 0.464. The number of hydrogen-bond donors (Lipinski definition) is 0. The molecule has 5 nitrogen and oxygen atoms in total. The van der Waals surface area contributed by atoms with Gasteiger partial charge in [0.15, 0.2) is 5.78 Å². The molecule has 0 bridgehead atoms. The highest BCUT2D eigenvalue weighted by molar-refractivity contribution is 6.30. The molecule has 0 aromatic carbocycles. The van der Waals surface area contributed by atoms with Gasteiger partial charge in [-0.1, -0.05) is 17.5 Å². The molecule has 6 heteroatoms. The van der Waals surface area contributed by atoms with Gasteiger partial charge < -0.3 is 4.74 Å². The molecule has 0 saturated carbocycles. The Morgan fingerprint density at radius 1 is 1.19 bits per heavy atom. The molecule has 0 radical (unpaired) electrons. The number of halogens is 1. The third-order valence-electron chi connectivity index (χ3n) is 3.46. The highest BCUT2D eigenvalue weighted by atomic mass is 35.5. The standard InChI is InChI=1S/C20H14ClN3O2/c1-3-14-4-5-16(23-10-14)8-20(25)19-9-17(6-13(2)24-19)26-18-7-15(21)11-22-12-18/h1,4-7,9-12H,8H2,2H3. The maximum atomic E-state index is 12.5. The highest BCUT2D eigenvalue weighted by Crippen LogP contribution is 2.24. The van der Waals surface area contributed by atoms with Crippen LogP contribution < -0.4 is 4.74 Å². The molecule has 3 aromatic heterocycles. The predicted octanol–water partition coefficient (Wildman–Crippen LogP) is 4.03. The second-order valence-corrected chi connectivity index (χ2v) is 5.99. The number of carbonyl (C=O) groups excluding carboxylic acids is 1. The Balaban J connectivity index is 1.79. The Hall–Kier alpha value is -3.23. The Bertz CT molecular complexity index is 995. The van der Waals surface area contributed by atoms with Gasteiger partial charge in [-0.2, -0.15) is 0 Å². The van der Waals surface area contributed by atoms with Crippen molar-refractivity contribution in [3.63, 3.8) is 0 Å². The van der Waals surface area contributed by atoms with E-state index in [-0.39, 0.29) is 12.2 Å². The average molecular weight is 364 g/mol. The van der Waals surface area contributed by atoms with Crippen molar-refractivity contribution in [3.8, 4) is 23.8 Å². The normalized spacial score (nSPS) is 10.2. The topological polar surface area (TPSA) is 65.0 Å². The third kappa shape index (κ3) is 4.44. The van der Waals surface area contributed by atoms with Crippen LogP contribution in [0.15, 0.2) is 48.9 Å². The van der Waals surface area contributed by atoms with Crippen molar-refractivity contribution < 1.29 is 9.53 Å². The predicted molar refractivity (Wildman–Crippen MR) is 98.5 cm³/mol. The van der Waals surface area contributed by atoms with Crippen molar-refractivity contribution in [3.05, 3.63) is 76.6 Å². The molecule has 0 saturated heterocycles. The molecule has 3 aromatic rings. The van der Waals surface area contributed by atoms with Crippen molar-refractivity contribution in [2.75, 3.05) is 0 Å². The van der Waals surface area contributed by atoms with Crippen LogP contribution in [-0.2, 0) is 6.42 Å². The van der Waals surface area contributed by atoms with Crippen LogP contribution in [0.25, 0.3) is 0 Å². The lowest BCUT2D eigenvalue weighted by molar-refractivity contribution is 0.0986. The zero-order valence-corrected chi connectivity index (χ0v) is 14.7. The quantitative estimate of drug-likeness (QED) is 0.505. The maximum absolute atomic E-state index is 12.5. The lowest BCUT2D eigenvalue weighted by Crippen LogP contribution is -2.08. The van der Waals surface area contributed by atoms with Gasteiger partial charge in [-0.05, 0) is 19.1 Å². The Morgan fingerprint density at radius 3 is 2.73 bits per heavy atom. The Kier molecular flexibility index (Phi) is 5.26. The second kappa shape index (κ2) is 7.77. The van der Waals surface area contributed by atoms with Crippen LogP contribution in [0.5, 0.6) is 11.5 Å². The molecule has 26 heavy (non-hydrogen) atoms. The first-order valence-corrected chi connectivity index (χ1v) is 8.13.